The number of carboxylic acids is 1. The number of aliphatic carboxylic acids is 1. The molecule has 3 N–H and O–H groups in total. The number of aryl methyl sites for hydroxylation is 2. The Morgan fingerprint density at radius 2 is 2.14 bits per heavy atom. The molecule has 0 radical (unpaired) electrons. The predicted molar refractivity (Wildman–Crippen MR) is 84.2 cm³/mol. The molecular weight excluding hydrogens is 308 g/mol. The summed E-state index contributed by atoms with van der Waals surface area (Å²) >= 11 is 0. The Kier molecular flexibility index (Phi) is 6.37. The third kappa shape index (κ3) is 4.20. The van der Waals surface area contributed by atoms with Gasteiger partial charge in [0.15, 0.2) is 0 Å². The van der Waals surface area contributed by atoms with Crippen LogP contribution in [0, 0.1) is 13.8 Å². The summed E-state index contributed by atoms with van der Waals surface area (Å²) in [5, 5.41) is 19.0. The lowest BCUT2D eigenvalue weighted by atomic mass is 10.1. The second-order valence-corrected chi connectivity index (χ2v) is 5.57. The predicted octanol–water partition coefficient (Wildman–Crippen LogP) is 0.323. The number of rotatable bonds is 5. The Hall–Kier alpha value is -1.60. The first kappa shape index (κ1) is 18.4. The molecule has 124 valence electrons. The molecule has 1 aromatic rings. The van der Waals surface area contributed by atoms with Gasteiger partial charge in [0.05, 0.1) is 5.69 Å². The van der Waals surface area contributed by atoms with E-state index in [4.69, 9.17) is 5.11 Å². The lowest BCUT2D eigenvalue weighted by molar-refractivity contribution is -0.139. The highest BCUT2D eigenvalue weighted by Gasteiger charge is 2.29. The van der Waals surface area contributed by atoms with Gasteiger partial charge in [0, 0.05) is 31.7 Å². The van der Waals surface area contributed by atoms with Crippen LogP contribution in [-0.4, -0.2) is 45.4 Å². The van der Waals surface area contributed by atoms with Gasteiger partial charge in [-0.05, 0) is 32.3 Å². The molecule has 7 nitrogen and oxygen atoms in total. The van der Waals surface area contributed by atoms with Gasteiger partial charge < -0.3 is 15.7 Å². The number of aromatic nitrogens is 2. The van der Waals surface area contributed by atoms with E-state index in [1.165, 1.54) is 0 Å². The smallest absolute Gasteiger partial charge is 0.320 e. The molecule has 2 atom stereocenters. The monoisotopic (exact) mass is 330 g/mol. The molecule has 0 unspecified atom stereocenters. The summed E-state index contributed by atoms with van der Waals surface area (Å²) in [4.78, 5) is 22.8. The van der Waals surface area contributed by atoms with E-state index in [0.717, 1.165) is 17.0 Å². The minimum atomic E-state index is -0.867. The largest absolute Gasteiger partial charge is 0.480 e. The molecule has 1 aliphatic heterocycles. The maximum absolute atomic E-state index is 12.0. The number of nitrogens with one attached hydrogen (secondary N) is 2. The van der Waals surface area contributed by atoms with E-state index in [-0.39, 0.29) is 24.4 Å². The van der Waals surface area contributed by atoms with Gasteiger partial charge in [0.1, 0.15) is 6.04 Å². The summed E-state index contributed by atoms with van der Waals surface area (Å²) < 4.78 is 1.82. The quantitative estimate of drug-likeness (QED) is 0.722. The van der Waals surface area contributed by atoms with Crippen molar-refractivity contribution in [3.63, 3.8) is 0 Å². The van der Waals surface area contributed by atoms with Gasteiger partial charge in [-0.3, -0.25) is 14.3 Å². The van der Waals surface area contributed by atoms with E-state index >= 15 is 0 Å². The van der Waals surface area contributed by atoms with Crippen LogP contribution in [0.3, 0.4) is 0 Å². The first-order chi connectivity index (χ1) is 9.88. The summed E-state index contributed by atoms with van der Waals surface area (Å²) in [5.41, 5.74) is 3.14. The fraction of sp³-hybridized carbons (Fsp3) is 0.643. The fourth-order valence-corrected chi connectivity index (χ4v) is 2.75. The Morgan fingerprint density at radius 1 is 1.45 bits per heavy atom. The van der Waals surface area contributed by atoms with Gasteiger partial charge in [-0.2, -0.15) is 5.10 Å². The summed E-state index contributed by atoms with van der Waals surface area (Å²) in [5.74, 6) is -0.913. The Balaban J connectivity index is 0.00000242. The molecule has 1 fully saturated rings. The number of amides is 1. The van der Waals surface area contributed by atoms with Gasteiger partial charge in [0.2, 0.25) is 5.91 Å². The molecule has 0 aromatic carbocycles. The summed E-state index contributed by atoms with van der Waals surface area (Å²) in [7, 11) is 1.89. The standard InChI is InChI=1S/C14H22N4O3.ClH/c1-8-11(9(2)18(3)17-8)4-5-13(19)16-10-6-12(14(20)21)15-7-10;/h10,12,15H,4-7H2,1-3H3,(H,16,19)(H,20,21);1H/t10-,12-;/m0./s1. The van der Waals surface area contributed by atoms with Crippen LogP contribution < -0.4 is 10.6 Å². The lowest BCUT2D eigenvalue weighted by Crippen LogP contribution is -2.36. The highest BCUT2D eigenvalue weighted by molar-refractivity contribution is 5.85. The van der Waals surface area contributed by atoms with E-state index in [1.807, 2.05) is 25.6 Å². The van der Waals surface area contributed by atoms with E-state index in [1.54, 1.807) is 0 Å². The zero-order chi connectivity index (χ0) is 15.6. The lowest BCUT2D eigenvalue weighted by Gasteiger charge is -2.11. The maximum atomic E-state index is 12.0. The van der Waals surface area contributed by atoms with Crippen molar-refractivity contribution in [1.82, 2.24) is 20.4 Å². The Labute approximate surface area is 135 Å². The van der Waals surface area contributed by atoms with E-state index < -0.39 is 12.0 Å². The minimum Gasteiger partial charge on any atom is -0.480 e. The van der Waals surface area contributed by atoms with Crippen molar-refractivity contribution >= 4 is 24.3 Å². The summed E-state index contributed by atoms with van der Waals surface area (Å²) in [6, 6.07) is -0.659. The second kappa shape index (κ2) is 7.60. The van der Waals surface area contributed by atoms with Crippen LogP contribution in [0.2, 0.25) is 0 Å². The zero-order valence-electron chi connectivity index (χ0n) is 13.0. The molecule has 2 rings (SSSR count). The average molecular weight is 331 g/mol. The number of carbonyl (C=O) groups excluding carboxylic acids is 1. The van der Waals surface area contributed by atoms with Gasteiger partial charge in [-0.15, -0.1) is 12.4 Å². The molecule has 22 heavy (non-hydrogen) atoms. The van der Waals surface area contributed by atoms with Crippen molar-refractivity contribution in [3.05, 3.63) is 17.0 Å². The zero-order valence-corrected chi connectivity index (χ0v) is 13.9. The number of hydrogen-bond donors (Lipinski definition) is 3. The number of nitrogens with zero attached hydrogens (tertiary/aromatic N) is 2. The van der Waals surface area contributed by atoms with Crippen molar-refractivity contribution in [1.29, 1.82) is 0 Å². The van der Waals surface area contributed by atoms with Gasteiger partial charge in [-0.25, -0.2) is 0 Å². The molecule has 8 heteroatoms. The van der Waals surface area contributed by atoms with Crippen LogP contribution in [0.5, 0.6) is 0 Å². The first-order valence-electron chi connectivity index (χ1n) is 7.13. The summed E-state index contributed by atoms with van der Waals surface area (Å²) in [6.07, 6.45) is 1.48. The molecule has 0 saturated carbocycles. The second-order valence-electron chi connectivity index (χ2n) is 5.57. The molecule has 0 aliphatic carbocycles. The molecule has 1 amide bonds. The molecule has 1 aliphatic rings. The number of carbonyl (C=O) groups is 2. The third-order valence-electron chi connectivity index (χ3n) is 4.06. The molecule has 0 bridgehead atoms. The van der Waals surface area contributed by atoms with Crippen molar-refractivity contribution in [2.45, 2.75) is 45.2 Å². The third-order valence-corrected chi connectivity index (χ3v) is 4.06. The van der Waals surface area contributed by atoms with Crippen molar-refractivity contribution in [2.75, 3.05) is 6.54 Å². The van der Waals surface area contributed by atoms with Crippen LogP contribution >= 0.6 is 12.4 Å². The van der Waals surface area contributed by atoms with Crippen LogP contribution in [0.4, 0.5) is 0 Å². The van der Waals surface area contributed by atoms with Crippen molar-refractivity contribution in [3.8, 4) is 0 Å². The van der Waals surface area contributed by atoms with E-state index in [9.17, 15) is 9.59 Å². The Bertz CT molecular complexity index is 559. The maximum Gasteiger partial charge on any atom is 0.320 e. The highest BCUT2D eigenvalue weighted by atomic mass is 35.5. The van der Waals surface area contributed by atoms with Crippen molar-refractivity contribution in [2.24, 2.45) is 7.05 Å². The molecular formula is C14H23ClN4O3. The number of hydrogen-bond acceptors (Lipinski definition) is 4. The van der Waals surface area contributed by atoms with Crippen LogP contribution in [0.1, 0.15) is 29.8 Å². The molecule has 2 heterocycles. The topological polar surface area (TPSA) is 96.3 Å². The van der Waals surface area contributed by atoms with Crippen molar-refractivity contribution < 1.29 is 14.7 Å². The molecule has 1 aromatic heterocycles. The van der Waals surface area contributed by atoms with Crippen LogP contribution in [-0.2, 0) is 23.1 Å². The number of carboxylic acid groups (broad SMARTS) is 1. The van der Waals surface area contributed by atoms with Crippen LogP contribution in [0.15, 0.2) is 0 Å². The fourth-order valence-electron chi connectivity index (χ4n) is 2.75. The van der Waals surface area contributed by atoms with Gasteiger partial charge >= 0.3 is 5.97 Å². The number of halogens is 1. The molecule has 0 spiro atoms. The summed E-state index contributed by atoms with van der Waals surface area (Å²) in [6.45, 7) is 4.44. The SMILES string of the molecule is Cc1nn(C)c(C)c1CCC(=O)N[C@@H]1CN[C@H](C(=O)O)C1.Cl. The Morgan fingerprint density at radius 3 is 2.64 bits per heavy atom. The van der Waals surface area contributed by atoms with E-state index in [0.29, 0.717) is 25.8 Å². The van der Waals surface area contributed by atoms with E-state index in [2.05, 4.69) is 15.7 Å². The normalized spacial score (nSPS) is 20.5. The van der Waals surface area contributed by atoms with Gasteiger partial charge in [-0.1, -0.05) is 0 Å². The minimum absolute atomic E-state index is 0. The molecule has 1 saturated heterocycles. The average Bonchev–Trinajstić information content (AvgIpc) is 2.95. The van der Waals surface area contributed by atoms with Gasteiger partial charge in [0.25, 0.3) is 0 Å². The van der Waals surface area contributed by atoms with Crippen LogP contribution in [0.25, 0.3) is 0 Å². The first-order valence-corrected chi connectivity index (χ1v) is 7.13. The highest BCUT2D eigenvalue weighted by Crippen LogP contribution is 2.14.